The number of hydrogen-bond acceptors (Lipinski definition) is 3. The summed E-state index contributed by atoms with van der Waals surface area (Å²) in [6.45, 7) is 6.17. The van der Waals surface area contributed by atoms with Crippen molar-refractivity contribution in [1.82, 2.24) is 24.9 Å². The molecule has 0 radical (unpaired) electrons. The molecule has 106 valence electrons. The number of nitrogens with one attached hydrogen (secondary N) is 1. The zero-order chi connectivity index (χ0) is 14.4. The lowest BCUT2D eigenvalue weighted by Gasteiger charge is -1.98. The SMILES string of the molecule is CCn1cc(/C=C/C(=O)NCc2cnn(CC)c2)cn1. The molecule has 0 aliphatic carbocycles. The number of carbonyl (C=O) groups is 1. The summed E-state index contributed by atoms with van der Waals surface area (Å²) < 4.78 is 3.65. The van der Waals surface area contributed by atoms with Crippen molar-refractivity contribution in [3.63, 3.8) is 0 Å². The maximum absolute atomic E-state index is 11.7. The van der Waals surface area contributed by atoms with Crippen LogP contribution in [0.2, 0.25) is 0 Å². The smallest absolute Gasteiger partial charge is 0.244 e. The van der Waals surface area contributed by atoms with E-state index >= 15 is 0 Å². The van der Waals surface area contributed by atoms with Gasteiger partial charge in [-0.25, -0.2) is 0 Å². The van der Waals surface area contributed by atoms with Crippen LogP contribution in [0, 0.1) is 0 Å². The topological polar surface area (TPSA) is 64.7 Å². The molecule has 1 amide bonds. The Morgan fingerprint density at radius 1 is 1.20 bits per heavy atom. The molecule has 2 heterocycles. The molecule has 6 nitrogen and oxygen atoms in total. The predicted molar refractivity (Wildman–Crippen MR) is 76.7 cm³/mol. The van der Waals surface area contributed by atoms with E-state index in [9.17, 15) is 4.79 Å². The summed E-state index contributed by atoms with van der Waals surface area (Å²) in [6.07, 6.45) is 10.6. The van der Waals surface area contributed by atoms with Crippen LogP contribution in [0.5, 0.6) is 0 Å². The molecule has 0 saturated carbocycles. The Labute approximate surface area is 118 Å². The fourth-order valence-corrected chi connectivity index (χ4v) is 1.73. The van der Waals surface area contributed by atoms with Crippen molar-refractivity contribution in [1.29, 1.82) is 0 Å². The Hall–Kier alpha value is -2.37. The number of aromatic nitrogens is 4. The highest BCUT2D eigenvalue weighted by atomic mass is 16.1. The third-order valence-corrected chi connectivity index (χ3v) is 2.88. The molecule has 0 bridgehead atoms. The highest BCUT2D eigenvalue weighted by Crippen LogP contribution is 2.01. The maximum Gasteiger partial charge on any atom is 0.244 e. The first-order chi connectivity index (χ1) is 9.71. The van der Waals surface area contributed by atoms with Gasteiger partial charge >= 0.3 is 0 Å². The van der Waals surface area contributed by atoms with E-state index in [2.05, 4.69) is 15.5 Å². The molecule has 2 aromatic heterocycles. The minimum atomic E-state index is -0.126. The third-order valence-electron chi connectivity index (χ3n) is 2.88. The molecule has 0 aliphatic rings. The van der Waals surface area contributed by atoms with Gasteiger partial charge in [0.25, 0.3) is 0 Å². The first-order valence-corrected chi connectivity index (χ1v) is 6.71. The van der Waals surface area contributed by atoms with Gasteiger partial charge in [0.2, 0.25) is 5.91 Å². The summed E-state index contributed by atoms with van der Waals surface area (Å²) in [5.41, 5.74) is 1.91. The number of nitrogens with zero attached hydrogens (tertiary/aromatic N) is 4. The molecule has 2 aromatic rings. The predicted octanol–water partition coefficient (Wildman–Crippen LogP) is 1.45. The molecule has 1 N–H and O–H groups in total. The number of carbonyl (C=O) groups excluding carboxylic acids is 1. The zero-order valence-electron chi connectivity index (χ0n) is 11.8. The quantitative estimate of drug-likeness (QED) is 0.810. The van der Waals surface area contributed by atoms with Gasteiger partial charge in [0.15, 0.2) is 0 Å². The zero-order valence-corrected chi connectivity index (χ0v) is 11.8. The van der Waals surface area contributed by atoms with Gasteiger partial charge in [0, 0.05) is 49.2 Å². The highest BCUT2D eigenvalue weighted by molar-refractivity contribution is 5.91. The molecule has 2 rings (SSSR count). The van der Waals surface area contributed by atoms with Crippen molar-refractivity contribution in [3.05, 3.63) is 42.0 Å². The van der Waals surface area contributed by atoms with Crippen LogP contribution in [0.25, 0.3) is 6.08 Å². The van der Waals surface area contributed by atoms with E-state index in [1.165, 1.54) is 6.08 Å². The van der Waals surface area contributed by atoms with E-state index in [1.54, 1.807) is 18.5 Å². The number of aryl methyl sites for hydroxylation is 2. The molecular weight excluding hydrogens is 254 g/mol. The van der Waals surface area contributed by atoms with E-state index in [1.807, 2.05) is 35.6 Å². The molecule has 20 heavy (non-hydrogen) atoms. The van der Waals surface area contributed by atoms with Crippen molar-refractivity contribution in [2.24, 2.45) is 0 Å². The van der Waals surface area contributed by atoms with Gasteiger partial charge < -0.3 is 5.32 Å². The van der Waals surface area contributed by atoms with Crippen molar-refractivity contribution < 1.29 is 4.79 Å². The average molecular weight is 273 g/mol. The molecule has 0 fully saturated rings. The molecule has 0 aliphatic heterocycles. The van der Waals surface area contributed by atoms with Crippen LogP contribution in [0.4, 0.5) is 0 Å². The second-order valence-corrected chi connectivity index (χ2v) is 4.38. The maximum atomic E-state index is 11.7. The fraction of sp³-hybridized carbons (Fsp3) is 0.357. The Morgan fingerprint density at radius 3 is 2.55 bits per heavy atom. The lowest BCUT2D eigenvalue weighted by molar-refractivity contribution is -0.116. The number of amides is 1. The molecular formula is C14H19N5O. The summed E-state index contributed by atoms with van der Waals surface area (Å²) in [4.78, 5) is 11.7. The normalized spacial score (nSPS) is 11.1. The van der Waals surface area contributed by atoms with Gasteiger partial charge in [0.1, 0.15) is 0 Å². The Morgan fingerprint density at radius 2 is 1.90 bits per heavy atom. The number of rotatable bonds is 6. The summed E-state index contributed by atoms with van der Waals surface area (Å²) in [5.74, 6) is -0.126. The third kappa shape index (κ3) is 3.81. The summed E-state index contributed by atoms with van der Waals surface area (Å²) in [6, 6.07) is 0. The van der Waals surface area contributed by atoms with Crippen molar-refractivity contribution >= 4 is 12.0 Å². The standard InChI is InChI=1S/C14H19N5O/c1-3-18-10-12(8-16-18)5-6-14(20)15-7-13-9-17-19(4-2)11-13/h5-6,8-11H,3-4,7H2,1-2H3,(H,15,20)/b6-5+. The van der Waals surface area contributed by atoms with Crippen LogP contribution in [-0.4, -0.2) is 25.5 Å². The summed E-state index contributed by atoms with van der Waals surface area (Å²) in [7, 11) is 0. The molecule has 0 spiro atoms. The van der Waals surface area contributed by atoms with Gasteiger partial charge in [0.05, 0.1) is 12.4 Å². The second kappa shape index (κ2) is 6.70. The number of hydrogen-bond donors (Lipinski definition) is 1. The van der Waals surface area contributed by atoms with E-state index in [-0.39, 0.29) is 5.91 Å². The van der Waals surface area contributed by atoms with Crippen LogP contribution in [0.15, 0.2) is 30.9 Å². The van der Waals surface area contributed by atoms with Gasteiger partial charge in [-0.3, -0.25) is 14.2 Å². The van der Waals surface area contributed by atoms with Crippen LogP contribution in [0.1, 0.15) is 25.0 Å². The molecule has 0 saturated heterocycles. The van der Waals surface area contributed by atoms with Crippen molar-refractivity contribution in [2.45, 2.75) is 33.5 Å². The van der Waals surface area contributed by atoms with E-state index in [0.717, 1.165) is 24.2 Å². The lowest BCUT2D eigenvalue weighted by Crippen LogP contribution is -2.19. The van der Waals surface area contributed by atoms with Crippen LogP contribution in [-0.2, 0) is 24.4 Å². The van der Waals surface area contributed by atoms with Crippen LogP contribution < -0.4 is 5.32 Å². The minimum absolute atomic E-state index is 0.126. The fourth-order valence-electron chi connectivity index (χ4n) is 1.73. The van der Waals surface area contributed by atoms with Crippen molar-refractivity contribution in [3.8, 4) is 0 Å². The second-order valence-electron chi connectivity index (χ2n) is 4.38. The Balaban J connectivity index is 1.82. The first kappa shape index (κ1) is 14.0. The van der Waals surface area contributed by atoms with E-state index in [4.69, 9.17) is 0 Å². The largest absolute Gasteiger partial charge is 0.348 e. The molecule has 0 atom stereocenters. The molecule has 0 unspecified atom stereocenters. The highest BCUT2D eigenvalue weighted by Gasteiger charge is 2.00. The van der Waals surface area contributed by atoms with Gasteiger partial charge in [-0.05, 0) is 19.9 Å². The van der Waals surface area contributed by atoms with Gasteiger partial charge in [-0.2, -0.15) is 10.2 Å². The Bertz CT molecular complexity index is 596. The first-order valence-electron chi connectivity index (χ1n) is 6.71. The molecule has 6 heteroatoms. The van der Waals surface area contributed by atoms with Gasteiger partial charge in [-0.1, -0.05) is 0 Å². The minimum Gasteiger partial charge on any atom is -0.348 e. The van der Waals surface area contributed by atoms with E-state index in [0.29, 0.717) is 6.54 Å². The monoisotopic (exact) mass is 273 g/mol. The van der Waals surface area contributed by atoms with Crippen LogP contribution >= 0.6 is 0 Å². The average Bonchev–Trinajstić information content (AvgIpc) is 3.11. The van der Waals surface area contributed by atoms with Gasteiger partial charge in [-0.15, -0.1) is 0 Å². The van der Waals surface area contributed by atoms with Crippen LogP contribution in [0.3, 0.4) is 0 Å². The summed E-state index contributed by atoms with van der Waals surface area (Å²) >= 11 is 0. The summed E-state index contributed by atoms with van der Waals surface area (Å²) in [5, 5.41) is 11.1. The molecule has 0 aromatic carbocycles. The van der Waals surface area contributed by atoms with E-state index < -0.39 is 0 Å². The Kier molecular flexibility index (Phi) is 4.70. The lowest BCUT2D eigenvalue weighted by atomic mass is 10.3. The van der Waals surface area contributed by atoms with Crippen molar-refractivity contribution in [2.75, 3.05) is 0 Å².